The van der Waals surface area contributed by atoms with Crippen LogP contribution >= 0.6 is 11.6 Å². The number of nitrogens with zero attached hydrogens (tertiary/aromatic N) is 1. The van der Waals surface area contributed by atoms with E-state index in [0.717, 1.165) is 0 Å². The van der Waals surface area contributed by atoms with Crippen molar-refractivity contribution >= 4 is 38.9 Å². The number of benzene rings is 3. The van der Waals surface area contributed by atoms with Crippen LogP contribution in [0.2, 0.25) is 5.02 Å². The van der Waals surface area contributed by atoms with Crippen molar-refractivity contribution in [2.24, 2.45) is 0 Å². The van der Waals surface area contributed by atoms with Gasteiger partial charge in [0.1, 0.15) is 11.5 Å². The van der Waals surface area contributed by atoms with Crippen LogP contribution in [-0.2, 0) is 14.8 Å². The average Bonchev–Trinajstić information content (AvgIpc) is 2.80. The van der Waals surface area contributed by atoms with Crippen molar-refractivity contribution in [2.75, 3.05) is 29.9 Å². The van der Waals surface area contributed by atoms with Crippen LogP contribution in [0.15, 0.2) is 77.7 Å². The van der Waals surface area contributed by atoms with Gasteiger partial charge < -0.3 is 14.8 Å². The number of hydrogen-bond donors (Lipinski definition) is 1. The van der Waals surface area contributed by atoms with E-state index >= 15 is 0 Å². The second kappa shape index (κ2) is 10.4. The summed E-state index contributed by atoms with van der Waals surface area (Å²) in [7, 11) is -2.27. The third-order valence-corrected chi connectivity index (χ3v) is 6.64. The molecule has 0 spiro atoms. The van der Waals surface area contributed by atoms with E-state index < -0.39 is 10.0 Å². The Labute approximate surface area is 192 Å². The number of para-hydroxylation sites is 1. The van der Waals surface area contributed by atoms with Gasteiger partial charge in [0.05, 0.1) is 27.9 Å². The van der Waals surface area contributed by atoms with E-state index in [-0.39, 0.29) is 17.4 Å². The Kier molecular flexibility index (Phi) is 7.61. The van der Waals surface area contributed by atoms with E-state index in [4.69, 9.17) is 21.1 Å². The van der Waals surface area contributed by atoms with Crippen LogP contribution in [0.4, 0.5) is 11.4 Å². The Morgan fingerprint density at radius 2 is 1.53 bits per heavy atom. The maximum Gasteiger partial charge on any atom is 0.264 e. The molecule has 0 aliphatic heterocycles. The predicted molar refractivity (Wildman–Crippen MR) is 125 cm³/mol. The molecule has 0 aliphatic rings. The molecule has 0 atom stereocenters. The molecule has 0 saturated heterocycles. The molecule has 168 valence electrons. The highest BCUT2D eigenvalue weighted by Gasteiger charge is 2.21. The molecule has 1 N–H and O–H groups in total. The van der Waals surface area contributed by atoms with Gasteiger partial charge in [-0.25, -0.2) is 8.42 Å². The minimum absolute atomic E-state index is 0.153. The van der Waals surface area contributed by atoms with Gasteiger partial charge >= 0.3 is 0 Å². The molecule has 0 unspecified atom stereocenters. The summed E-state index contributed by atoms with van der Waals surface area (Å²) in [5.74, 6) is 0.668. The monoisotopic (exact) mass is 474 g/mol. The Bertz CT molecular complexity index is 1170. The molecule has 32 heavy (non-hydrogen) atoms. The number of carbonyl (C=O) groups is 1. The average molecular weight is 475 g/mol. The first-order valence-corrected chi connectivity index (χ1v) is 11.6. The zero-order valence-corrected chi connectivity index (χ0v) is 19.2. The minimum atomic E-state index is -3.74. The van der Waals surface area contributed by atoms with Gasteiger partial charge in [-0.1, -0.05) is 23.7 Å². The lowest BCUT2D eigenvalue weighted by molar-refractivity contribution is -0.118. The normalized spacial score (nSPS) is 11.0. The number of sulfonamides is 1. The molecule has 3 rings (SSSR count). The number of rotatable bonds is 9. The lowest BCUT2D eigenvalue weighted by Gasteiger charge is -2.20. The summed E-state index contributed by atoms with van der Waals surface area (Å²) in [6.07, 6.45) is 0. The van der Waals surface area contributed by atoms with Gasteiger partial charge in [-0.3, -0.25) is 9.10 Å². The summed E-state index contributed by atoms with van der Waals surface area (Å²) in [4.78, 5) is 12.2. The maximum atomic E-state index is 12.9. The molecule has 0 aliphatic carbocycles. The van der Waals surface area contributed by atoms with E-state index in [1.54, 1.807) is 60.7 Å². The molecule has 9 heteroatoms. The summed E-state index contributed by atoms with van der Waals surface area (Å²) in [5, 5.41) is 3.10. The van der Waals surface area contributed by atoms with E-state index in [9.17, 15) is 13.2 Å². The largest absolute Gasteiger partial charge is 0.494 e. The van der Waals surface area contributed by atoms with Crippen LogP contribution in [0.1, 0.15) is 6.92 Å². The second-order valence-corrected chi connectivity index (χ2v) is 9.06. The highest BCUT2D eigenvalue weighted by atomic mass is 35.5. The zero-order chi connectivity index (χ0) is 23.1. The molecular formula is C23H23ClN2O5S. The third kappa shape index (κ3) is 5.72. The van der Waals surface area contributed by atoms with Gasteiger partial charge in [-0.2, -0.15) is 0 Å². The van der Waals surface area contributed by atoms with Crippen molar-refractivity contribution in [3.63, 3.8) is 0 Å². The van der Waals surface area contributed by atoms with Crippen molar-refractivity contribution in [1.82, 2.24) is 0 Å². The standard InChI is InChI=1S/C23H23ClN2O5S/c1-3-30-18-12-14-20(15-13-18)32(28,29)26(2)17-8-10-19(11-9-17)31-16-23(27)25-22-7-5-4-6-21(22)24/h4-15H,3,16H2,1-2H3,(H,25,27). The first-order valence-electron chi connectivity index (χ1n) is 9.80. The topological polar surface area (TPSA) is 84.9 Å². The van der Waals surface area contributed by atoms with Crippen molar-refractivity contribution in [3.05, 3.63) is 77.8 Å². The molecular weight excluding hydrogens is 452 g/mol. The maximum absolute atomic E-state index is 12.9. The number of anilines is 2. The number of carbonyl (C=O) groups excluding carboxylic acids is 1. The van der Waals surface area contributed by atoms with Gasteiger partial charge in [0, 0.05) is 7.05 Å². The minimum Gasteiger partial charge on any atom is -0.494 e. The van der Waals surface area contributed by atoms with Crippen LogP contribution in [0.25, 0.3) is 0 Å². The van der Waals surface area contributed by atoms with Crippen molar-refractivity contribution in [1.29, 1.82) is 0 Å². The molecule has 0 bridgehead atoms. The van der Waals surface area contributed by atoms with E-state index in [2.05, 4.69) is 5.32 Å². The lowest BCUT2D eigenvalue weighted by Crippen LogP contribution is -2.26. The molecule has 3 aromatic rings. The Morgan fingerprint density at radius 3 is 2.16 bits per heavy atom. The third-order valence-electron chi connectivity index (χ3n) is 4.51. The van der Waals surface area contributed by atoms with Crippen molar-refractivity contribution in [3.8, 4) is 11.5 Å². The summed E-state index contributed by atoms with van der Waals surface area (Å²) in [6, 6.07) is 19.6. The molecule has 3 aromatic carbocycles. The van der Waals surface area contributed by atoms with Crippen molar-refractivity contribution < 1.29 is 22.7 Å². The van der Waals surface area contributed by atoms with Gasteiger partial charge in [0.2, 0.25) is 0 Å². The Morgan fingerprint density at radius 1 is 0.938 bits per heavy atom. The molecule has 0 aromatic heterocycles. The summed E-state index contributed by atoms with van der Waals surface area (Å²) in [6.45, 7) is 2.14. The molecule has 0 fully saturated rings. The number of hydrogen-bond acceptors (Lipinski definition) is 5. The number of nitrogens with one attached hydrogen (secondary N) is 1. The predicted octanol–water partition coefficient (Wildman–Crippen LogP) is 4.58. The molecule has 0 radical (unpaired) electrons. The first kappa shape index (κ1) is 23.4. The second-order valence-electron chi connectivity index (χ2n) is 6.69. The number of halogens is 1. The van der Waals surface area contributed by atoms with Gasteiger partial charge in [-0.05, 0) is 67.6 Å². The highest BCUT2D eigenvalue weighted by Crippen LogP contribution is 2.26. The molecule has 7 nitrogen and oxygen atoms in total. The fourth-order valence-corrected chi connectivity index (χ4v) is 4.20. The van der Waals surface area contributed by atoms with Crippen LogP contribution in [0.5, 0.6) is 11.5 Å². The fraction of sp³-hybridized carbons (Fsp3) is 0.174. The summed E-state index contributed by atoms with van der Waals surface area (Å²) < 4.78 is 37.8. The molecule has 0 heterocycles. The van der Waals surface area contributed by atoms with E-state index in [0.29, 0.717) is 34.5 Å². The van der Waals surface area contributed by atoms with Gasteiger partial charge in [-0.15, -0.1) is 0 Å². The number of amides is 1. The van der Waals surface area contributed by atoms with E-state index in [1.807, 2.05) is 6.92 Å². The molecule has 0 saturated carbocycles. The van der Waals surface area contributed by atoms with E-state index in [1.165, 1.54) is 23.5 Å². The van der Waals surface area contributed by atoms with Crippen molar-refractivity contribution in [2.45, 2.75) is 11.8 Å². The summed E-state index contributed by atoms with van der Waals surface area (Å²) >= 11 is 6.02. The SMILES string of the molecule is CCOc1ccc(S(=O)(=O)N(C)c2ccc(OCC(=O)Nc3ccccc3Cl)cc2)cc1. The van der Waals surface area contributed by atoms with Crippen LogP contribution in [0, 0.1) is 0 Å². The Balaban J connectivity index is 1.61. The summed E-state index contributed by atoms with van der Waals surface area (Å²) in [5.41, 5.74) is 0.950. The van der Waals surface area contributed by atoms with Crippen LogP contribution in [0.3, 0.4) is 0 Å². The zero-order valence-electron chi connectivity index (χ0n) is 17.6. The first-order chi connectivity index (χ1) is 15.3. The Hall–Kier alpha value is -3.23. The van der Waals surface area contributed by atoms with Gasteiger partial charge in [0.25, 0.3) is 15.9 Å². The quantitative estimate of drug-likeness (QED) is 0.490. The van der Waals surface area contributed by atoms with Crippen LogP contribution in [-0.4, -0.2) is 34.6 Å². The highest BCUT2D eigenvalue weighted by molar-refractivity contribution is 7.92. The number of ether oxygens (including phenoxy) is 2. The van der Waals surface area contributed by atoms with Gasteiger partial charge in [0.15, 0.2) is 6.61 Å². The fourth-order valence-electron chi connectivity index (χ4n) is 2.82. The smallest absolute Gasteiger partial charge is 0.264 e. The lowest BCUT2D eigenvalue weighted by atomic mass is 10.3. The molecule has 1 amide bonds. The van der Waals surface area contributed by atoms with Crippen LogP contribution < -0.4 is 19.1 Å².